The summed E-state index contributed by atoms with van der Waals surface area (Å²) >= 11 is 0. The first kappa shape index (κ1) is 15.1. The number of fused-ring (bicyclic) bond motifs is 4. The maximum atomic E-state index is 11.4. The van der Waals surface area contributed by atoms with Gasteiger partial charge in [-0.2, -0.15) is 0 Å². The van der Waals surface area contributed by atoms with Gasteiger partial charge in [0.15, 0.2) is 0 Å². The fraction of sp³-hybridized carbons (Fsp3) is 0.500. The number of benzene rings is 1. The molecule has 4 heteroatoms. The number of ether oxygens (including phenoxy) is 1. The third-order valence-electron chi connectivity index (χ3n) is 5.32. The first-order valence-corrected chi connectivity index (χ1v) is 7.78. The molecule has 1 N–H and O–H groups in total. The Bertz CT molecular complexity index is 637. The monoisotopic (exact) mass is 301 g/mol. The Morgan fingerprint density at radius 3 is 2.95 bits per heavy atom. The van der Waals surface area contributed by atoms with Gasteiger partial charge in [-0.1, -0.05) is 13.0 Å². The summed E-state index contributed by atoms with van der Waals surface area (Å²) in [5.41, 5.74) is 3.34. The molecule has 118 valence electrons. The second-order valence-corrected chi connectivity index (χ2v) is 6.60. The Balaban J connectivity index is 2.22. The van der Waals surface area contributed by atoms with Crippen LogP contribution < -0.4 is 4.74 Å². The van der Waals surface area contributed by atoms with E-state index in [1.165, 1.54) is 17.2 Å². The van der Waals surface area contributed by atoms with E-state index in [0.29, 0.717) is 0 Å². The molecule has 1 fully saturated rings. The third kappa shape index (κ3) is 2.31. The number of aliphatic carboxylic acids is 1. The van der Waals surface area contributed by atoms with Gasteiger partial charge >= 0.3 is 5.97 Å². The molecule has 1 aromatic carbocycles. The molecule has 1 heterocycles. The van der Waals surface area contributed by atoms with Crippen LogP contribution in [0.25, 0.3) is 0 Å². The lowest BCUT2D eigenvalue weighted by Gasteiger charge is -2.43. The van der Waals surface area contributed by atoms with Crippen LogP contribution in [0.3, 0.4) is 0 Å². The standard InChI is InChI=1S/C18H23NO3/c1-18-7-4-8-19(2)16(15(18)11-17(20)21)9-12-5-6-13(22-3)10-14(12)18/h5-6,10-11,16H,4,7-9H2,1-3H3,(H,20,21)/b15-11+. The molecule has 0 radical (unpaired) electrons. The highest BCUT2D eigenvalue weighted by atomic mass is 16.5. The number of carbonyl (C=O) groups is 1. The second-order valence-electron chi connectivity index (χ2n) is 6.60. The molecule has 4 nitrogen and oxygen atoms in total. The van der Waals surface area contributed by atoms with Crippen molar-refractivity contribution in [1.29, 1.82) is 0 Å². The largest absolute Gasteiger partial charge is 0.497 e. The van der Waals surface area contributed by atoms with Crippen molar-refractivity contribution in [3.8, 4) is 5.75 Å². The third-order valence-corrected chi connectivity index (χ3v) is 5.32. The molecule has 1 aliphatic heterocycles. The lowest BCUT2D eigenvalue weighted by Crippen LogP contribution is -2.44. The van der Waals surface area contributed by atoms with Crippen LogP contribution in [-0.4, -0.2) is 42.7 Å². The van der Waals surface area contributed by atoms with Crippen molar-refractivity contribution in [3.05, 3.63) is 41.0 Å². The maximum absolute atomic E-state index is 11.4. The Labute approximate surface area is 131 Å². The van der Waals surface area contributed by atoms with E-state index in [1.54, 1.807) is 7.11 Å². The molecular formula is C18H23NO3. The normalized spacial score (nSPS) is 29.8. The lowest BCUT2D eigenvalue weighted by atomic mass is 9.64. The first-order valence-electron chi connectivity index (χ1n) is 7.78. The van der Waals surface area contributed by atoms with Crippen molar-refractivity contribution in [1.82, 2.24) is 4.90 Å². The van der Waals surface area contributed by atoms with Crippen LogP contribution in [-0.2, 0) is 16.6 Å². The van der Waals surface area contributed by atoms with Gasteiger partial charge in [-0.15, -0.1) is 0 Å². The van der Waals surface area contributed by atoms with Crippen molar-refractivity contribution < 1.29 is 14.6 Å². The molecule has 1 saturated heterocycles. The summed E-state index contributed by atoms with van der Waals surface area (Å²) in [5, 5.41) is 9.34. The number of likely N-dealkylation sites (tertiary alicyclic amines) is 1. The SMILES string of the molecule is COc1ccc2c(c1)C1(C)CCCN(C)C(C2)/C1=C\C(=O)O. The number of carboxylic acids is 1. The zero-order chi connectivity index (χ0) is 15.9. The number of hydrogen-bond donors (Lipinski definition) is 1. The first-order chi connectivity index (χ1) is 10.5. The molecule has 0 saturated carbocycles. The van der Waals surface area contributed by atoms with Crippen molar-refractivity contribution in [2.24, 2.45) is 0 Å². The predicted octanol–water partition coefficient (Wildman–Crippen LogP) is 2.61. The summed E-state index contributed by atoms with van der Waals surface area (Å²) in [4.78, 5) is 13.7. The van der Waals surface area contributed by atoms with Crippen LogP contribution in [0.5, 0.6) is 5.75 Å². The van der Waals surface area contributed by atoms with Crippen LogP contribution in [0, 0.1) is 0 Å². The van der Waals surface area contributed by atoms with E-state index < -0.39 is 5.97 Å². The molecule has 2 unspecified atom stereocenters. The van der Waals surface area contributed by atoms with Gasteiger partial charge in [0.1, 0.15) is 5.75 Å². The molecular weight excluding hydrogens is 278 g/mol. The van der Waals surface area contributed by atoms with Crippen molar-refractivity contribution in [2.75, 3.05) is 20.7 Å². The fourth-order valence-corrected chi connectivity index (χ4v) is 4.11. The topological polar surface area (TPSA) is 49.8 Å². The van der Waals surface area contributed by atoms with E-state index >= 15 is 0 Å². The van der Waals surface area contributed by atoms with Gasteiger partial charge in [-0.05, 0) is 61.7 Å². The minimum absolute atomic E-state index is 0.171. The van der Waals surface area contributed by atoms with E-state index in [9.17, 15) is 9.90 Å². The Morgan fingerprint density at radius 1 is 1.50 bits per heavy atom. The highest BCUT2D eigenvalue weighted by Gasteiger charge is 2.44. The van der Waals surface area contributed by atoms with Gasteiger partial charge in [0.2, 0.25) is 0 Å². The molecule has 3 rings (SSSR count). The number of carboxylic acid groups (broad SMARTS) is 1. The van der Waals surface area contributed by atoms with Gasteiger partial charge in [-0.25, -0.2) is 4.79 Å². The molecule has 22 heavy (non-hydrogen) atoms. The summed E-state index contributed by atoms with van der Waals surface area (Å²) in [6.45, 7) is 3.19. The Morgan fingerprint density at radius 2 is 2.27 bits per heavy atom. The highest BCUT2D eigenvalue weighted by Crippen LogP contribution is 2.48. The van der Waals surface area contributed by atoms with Gasteiger partial charge in [0.05, 0.1) is 7.11 Å². The van der Waals surface area contributed by atoms with Crippen LogP contribution in [0.15, 0.2) is 29.8 Å². The molecule has 2 aliphatic rings. The van der Waals surface area contributed by atoms with E-state index in [4.69, 9.17) is 4.74 Å². The molecule has 1 aromatic rings. The smallest absolute Gasteiger partial charge is 0.328 e. The van der Waals surface area contributed by atoms with Gasteiger partial charge in [0, 0.05) is 17.5 Å². The minimum atomic E-state index is -0.854. The van der Waals surface area contributed by atoms with E-state index in [-0.39, 0.29) is 11.5 Å². The number of likely N-dealkylation sites (N-methyl/N-ethyl adjacent to an activating group) is 1. The fourth-order valence-electron chi connectivity index (χ4n) is 4.11. The number of nitrogens with zero attached hydrogens (tertiary/aromatic N) is 1. The summed E-state index contributed by atoms with van der Waals surface area (Å²) in [6.07, 6.45) is 4.34. The average Bonchev–Trinajstić information content (AvgIpc) is 2.56. The average molecular weight is 301 g/mol. The zero-order valence-electron chi connectivity index (χ0n) is 13.4. The summed E-state index contributed by atoms with van der Waals surface area (Å²) in [6, 6.07) is 6.40. The van der Waals surface area contributed by atoms with Gasteiger partial charge in [0.25, 0.3) is 0 Å². The maximum Gasteiger partial charge on any atom is 0.328 e. The lowest BCUT2D eigenvalue weighted by molar-refractivity contribution is -0.131. The van der Waals surface area contributed by atoms with Crippen LogP contribution >= 0.6 is 0 Å². The van der Waals surface area contributed by atoms with Crippen LogP contribution in [0.4, 0.5) is 0 Å². The van der Waals surface area contributed by atoms with Crippen LogP contribution in [0.1, 0.15) is 30.9 Å². The summed E-state index contributed by atoms with van der Waals surface area (Å²) in [7, 11) is 3.77. The van der Waals surface area contributed by atoms with E-state index in [0.717, 1.165) is 37.1 Å². The molecule has 0 spiro atoms. The van der Waals surface area contributed by atoms with Crippen molar-refractivity contribution in [2.45, 2.75) is 37.6 Å². The van der Waals surface area contributed by atoms with Gasteiger partial charge < -0.3 is 9.84 Å². The minimum Gasteiger partial charge on any atom is -0.497 e. The van der Waals surface area contributed by atoms with Gasteiger partial charge in [-0.3, -0.25) is 4.90 Å². The molecule has 1 aliphatic carbocycles. The summed E-state index contributed by atoms with van der Waals surface area (Å²) in [5.74, 6) is -0.0152. The Hall–Kier alpha value is -1.81. The van der Waals surface area contributed by atoms with Crippen LogP contribution in [0.2, 0.25) is 0 Å². The zero-order valence-corrected chi connectivity index (χ0v) is 13.4. The van der Waals surface area contributed by atoms with Crippen molar-refractivity contribution >= 4 is 5.97 Å². The quantitative estimate of drug-likeness (QED) is 0.853. The molecule has 0 amide bonds. The van der Waals surface area contributed by atoms with E-state index in [1.807, 2.05) is 6.07 Å². The molecule has 0 aromatic heterocycles. The molecule has 2 atom stereocenters. The summed E-state index contributed by atoms with van der Waals surface area (Å²) < 4.78 is 5.39. The van der Waals surface area contributed by atoms with Crippen molar-refractivity contribution in [3.63, 3.8) is 0 Å². The van der Waals surface area contributed by atoms with E-state index in [2.05, 4.69) is 31.0 Å². The second kappa shape index (κ2) is 5.43. The number of methoxy groups -OCH3 is 1. The molecule has 2 bridgehead atoms. The number of rotatable bonds is 2. The highest BCUT2D eigenvalue weighted by molar-refractivity contribution is 5.82. The number of hydrogen-bond acceptors (Lipinski definition) is 3. The Kier molecular flexibility index (Phi) is 3.73. The predicted molar refractivity (Wildman–Crippen MR) is 85.4 cm³/mol.